The Bertz CT molecular complexity index is 687. The van der Waals surface area contributed by atoms with Gasteiger partial charge in [-0.2, -0.15) is 5.26 Å². The number of alkyl carbamates (subject to hydrolysis) is 1. The molecular formula is C17H20F3N3O4. The fraction of sp³-hybridized carbons (Fsp3) is 0.471. The average molecular weight is 387 g/mol. The van der Waals surface area contributed by atoms with Crippen molar-refractivity contribution in [3.05, 3.63) is 29.8 Å². The predicted octanol–water partition coefficient (Wildman–Crippen LogP) is 2.87. The number of benzene rings is 1. The maximum Gasteiger partial charge on any atom is 0.573 e. The maximum atomic E-state index is 12.4. The number of halogens is 3. The van der Waals surface area contributed by atoms with Gasteiger partial charge in [-0.25, -0.2) is 4.79 Å². The quantitative estimate of drug-likeness (QED) is 0.668. The highest BCUT2D eigenvalue weighted by Crippen LogP contribution is 2.26. The van der Waals surface area contributed by atoms with E-state index in [1.165, 1.54) is 18.2 Å². The highest BCUT2D eigenvalue weighted by atomic mass is 19.4. The summed E-state index contributed by atoms with van der Waals surface area (Å²) >= 11 is 0. The Morgan fingerprint density at radius 2 is 1.93 bits per heavy atom. The van der Waals surface area contributed by atoms with Gasteiger partial charge in [-0.3, -0.25) is 4.79 Å². The Hall–Kier alpha value is -2.96. The minimum atomic E-state index is -4.88. The fourth-order valence-corrected chi connectivity index (χ4v) is 2.13. The van der Waals surface area contributed by atoms with E-state index in [0.29, 0.717) is 6.42 Å². The number of nitrogens with zero attached hydrogens (tertiary/aromatic N) is 1. The van der Waals surface area contributed by atoms with Gasteiger partial charge >= 0.3 is 12.5 Å². The molecular weight excluding hydrogens is 367 g/mol. The van der Waals surface area contributed by atoms with Crippen molar-refractivity contribution in [2.45, 2.75) is 39.3 Å². The first-order valence-corrected chi connectivity index (χ1v) is 8.04. The molecule has 0 aliphatic carbocycles. The number of carbonyl (C=O) groups is 2. The maximum absolute atomic E-state index is 12.4. The van der Waals surface area contributed by atoms with Crippen molar-refractivity contribution < 1.29 is 32.2 Å². The first kappa shape index (κ1) is 22.1. The molecule has 7 nitrogen and oxygen atoms in total. The summed E-state index contributed by atoms with van der Waals surface area (Å²) in [5.41, 5.74) is 0.0133. The second-order valence-corrected chi connectivity index (χ2v) is 5.93. The van der Waals surface area contributed by atoms with Gasteiger partial charge in [-0.05, 0) is 18.4 Å². The van der Waals surface area contributed by atoms with Crippen molar-refractivity contribution >= 4 is 12.0 Å². The van der Waals surface area contributed by atoms with Crippen molar-refractivity contribution in [2.24, 2.45) is 5.92 Å². The van der Waals surface area contributed by atoms with Crippen LogP contribution in [0.15, 0.2) is 24.3 Å². The van der Waals surface area contributed by atoms with E-state index in [2.05, 4.69) is 15.4 Å². The summed E-state index contributed by atoms with van der Waals surface area (Å²) in [5.74, 6) is -0.977. The van der Waals surface area contributed by atoms with Crippen molar-refractivity contribution in [3.8, 4) is 11.8 Å². The van der Waals surface area contributed by atoms with Crippen LogP contribution in [0.1, 0.15) is 25.8 Å². The Labute approximate surface area is 154 Å². The molecule has 0 unspecified atom stereocenters. The molecule has 1 atom stereocenters. The van der Waals surface area contributed by atoms with E-state index in [4.69, 9.17) is 10.00 Å². The first-order valence-electron chi connectivity index (χ1n) is 8.04. The SMILES string of the molecule is CC(C)C[C@H](NC(=O)OCc1ccccc1OC(F)(F)F)C(=O)NCC#N. The number of para-hydroxylation sites is 1. The van der Waals surface area contributed by atoms with E-state index < -0.39 is 36.8 Å². The number of nitrogens with one attached hydrogen (secondary N) is 2. The van der Waals surface area contributed by atoms with Gasteiger partial charge < -0.3 is 20.1 Å². The highest BCUT2D eigenvalue weighted by molar-refractivity contribution is 5.85. The van der Waals surface area contributed by atoms with E-state index in [1.807, 2.05) is 13.8 Å². The Morgan fingerprint density at radius 1 is 1.26 bits per heavy atom. The number of ether oxygens (including phenoxy) is 2. The lowest BCUT2D eigenvalue weighted by Gasteiger charge is -2.19. The topological polar surface area (TPSA) is 100 Å². The third-order valence-electron chi connectivity index (χ3n) is 3.21. The van der Waals surface area contributed by atoms with Crippen molar-refractivity contribution in [3.63, 3.8) is 0 Å². The van der Waals surface area contributed by atoms with Crippen LogP contribution in [0.2, 0.25) is 0 Å². The smallest absolute Gasteiger partial charge is 0.445 e. The van der Waals surface area contributed by atoms with Crippen LogP contribution < -0.4 is 15.4 Å². The van der Waals surface area contributed by atoms with Crippen LogP contribution in [0.5, 0.6) is 5.75 Å². The molecule has 0 saturated heterocycles. The molecule has 0 bridgehead atoms. The lowest BCUT2D eigenvalue weighted by molar-refractivity contribution is -0.275. The highest BCUT2D eigenvalue weighted by Gasteiger charge is 2.32. The third-order valence-corrected chi connectivity index (χ3v) is 3.21. The number of alkyl halides is 3. The Morgan fingerprint density at radius 3 is 2.52 bits per heavy atom. The second kappa shape index (κ2) is 10.3. The van der Waals surface area contributed by atoms with E-state index in [1.54, 1.807) is 6.07 Å². The normalized spacial score (nSPS) is 12.0. The van der Waals surface area contributed by atoms with E-state index in [9.17, 15) is 22.8 Å². The molecule has 0 spiro atoms. The molecule has 0 aromatic heterocycles. The van der Waals surface area contributed by atoms with Gasteiger partial charge in [-0.15, -0.1) is 13.2 Å². The van der Waals surface area contributed by atoms with Gasteiger partial charge in [0.2, 0.25) is 5.91 Å². The standard InChI is InChI=1S/C17H20F3N3O4/c1-11(2)9-13(15(24)22-8-7-21)23-16(25)26-10-12-5-3-4-6-14(12)27-17(18,19)20/h3-6,11,13H,8-10H2,1-2H3,(H,22,24)(H,23,25)/t13-/m0/s1. The lowest BCUT2D eigenvalue weighted by atomic mass is 10.0. The van der Waals surface area contributed by atoms with Crippen LogP contribution in [0.3, 0.4) is 0 Å². The summed E-state index contributed by atoms with van der Waals surface area (Å²) in [4.78, 5) is 23.9. The molecule has 2 amide bonds. The monoisotopic (exact) mass is 387 g/mol. The van der Waals surface area contributed by atoms with Gasteiger partial charge in [-0.1, -0.05) is 32.0 Å². The van der Waals surface area contributed by atoms with Crippen LogP contribution in [0, 0.1) is 17.2 Å². The van der Waals surface area contributed by atoms with Crippen molar-refractivity contribution in [1.82, 2.24) is 10.6 Å². The fourth-order valence-electron chi connectivity index (χ4n) is 2.13. The summed E-state index contributed by atoms with van der Waals surface area (Å²) in [6, 6.07) is 6.05. The molecule has 1 aromatic carbocycles. The molecule has 10 heteroatoms. The summed E-state index contributed by atoms with van der Waals surface area (Å²) < 4.78 is 46.0. The Balaban J connectivity index is 2.70. The zero-order valence-electron chi connectivity index (χ0n) is 14.8. The number of carbonyl (C=O) groups excluding carboxylic acids is 2. The number of nitriles is 1. The van der Waals surface area contributed by atoms with Gasteiger partial charge in [0.25, 0.3) is 0 Å². The van der Waals surface area contributed by atoms with Crippen LogP contribution in [0.4, 0.5) is 18.0 Å². The van der Waals surface area contributed by atoms with E-state index >= 15 is 0 Å². The van der Waals surface area contributed by atoms with Gasteiger partial charge in [0.15, 0.2) is 0 Å². The first-order chi connectivity index (χ1) is 12.6. The van der Waals surface area contributed by atoms with E-state index in [0.717, 1.165) is 6.07 Å². The summed E-state index contributed by atoms with van der Waals surface area (Å²) in [5, 5.41) is 13.2. The minimum absolute atomic E-state index is 0.0133. The molecule has 0 saturated carbocycles. The molecule has 0 radical (unpaired) electrons. The minimum Gasteiger partial charge on any atom is -0.445 e. The summed E-state index contributed by atoms with van der Waals surface area (Å²) in [6.45, 7) is 2.98. The van der Waals surface area contributed by atoms with Crippen LogP contribution >= 0.6 is 0 Å². The Kier molecular flexibility index (Phi) is 8.38. The third kappa shape index (κ3) is 8.80. The van der Waals surface area contributed by atoms with Crippen LogP contribution in [0.25, 0.3) is 0 Å². The van der Waals surface area contributed by atoms with Crippen LogP contribution in [-0.4, -0.2) is 30.9 Å². The average Bonchev–Trinajstić information content (AvgIpc) is 2.56. The van der Waals surface area contributed by atoms with Gasteiger partial charge in [0.1, 0.15) is 24.9 Å². The number of amides is 2. The molecule has 2 N–H and O–H groups in total. The molecule has 0 aliphatic rings. The predicted molar refractivity (Wildman–Crippen MR) is 88.3 cm³/mol. The molecule has 148 valence electrons. The molecule has 1 rings (SSSR count). The number of hydrogen-bond acceptors (Lipinski definition) is 5. The largest absolute Gasteiger partial charge is 0.573 e. The lowest BCUT2D eigenvalue weighted by Crippen LogP contribution is -2.47. The van der Waals surface area contributed by atoms with Gasteiger partial charge in [0, 0.05) is 5.56 Å². The number of rotatable bonds is 8. The molecule has 27 heavy (non-hydrogen) atoms. The summed E-state index contributed by atoms with van der Waals surface area (Å²) in [7, 11) is 0. The molecule has 0 heterocycles. The van der Waals surface area contributed by atoms with Gasteiger partial charge in [0.05, 0.1) is 6.07 Å². The zero-order chi connectivity index (χ0) is 20.4. The number of hydrogen-bond donors (Lipinski definition) is 2. The molecule has 0 fully saturated rings. The summed E-state index contributed by atoms with van der Waals surface area (Å²) in [6.07, 6.45) is -5.56. The van der Waals surface area contributed by atoms with Crippen molar-refractivity contribution in [2.75, 3.05) is 6.54 Å². The molecule has 1 aromatic rings. The second-order valence-electron chi connectivity index (χ2n) is 5.93. The zero-order valence-corrected chi connectivity index (χ0v) is 14.8. The van der Waals surface area contributed by atoms with E-state index in [-0.39, 0.29) is 18.0 Å². The van der Waals surface area contributed by atoms with Crippen molar-refractivity contribution in [1.29, 1.82) is 5.26 Å². The molecule has 0 aliphatic heterocycles. The van der Waals surface area contributed by atoms with Crippen LogP contribution in [-0.2, 0) is 16.1 Å².